The van der Waals surface area contributed by atoms with Crippen LogP contribution in [0.3, 0.4) is 0 Å². The lowest BCUT2D eigenvalue weighted by molar-refractivity contribution is -0.133. The van der Waals surface area contributed by atoms with Gasteiger partial charge < -0.3 is 14.4 Å². The van der Waals surface area contributed by atoms with Crippen molar-refractivity contribution in [3.63, 3.8) is 0 Å². The number of nitrogens with zero attached hydrogens (tertiary/aromatic N) is 3. The summed E-state index contributed by atoms with van der Waals surface area (Å²) in [5, 5.41) is 0. The van der Waals surface area contributed by atoms with Crippen LogP contribution in [0.15, 0.2) is 48.7 Å². The summed E-state index contributed by atoms with van der Waals surface area (Å²) in [4.78, 5) is 28.4. The summed E-state index contributed by atoms with van der Waals surface area (Å²) in [5.41, 5.74) is 1.74. The normalized spacial score (nSPS) is 18.1. The van der Waals surface area contributed by atoms with Crippen molar-refractivity contribution in [1.82, 2.24) is 14.4 Å². The van der Waals surface area contributed by atoms with Crippen LogP contribution in [0, 0.1) is 0 Å². The van der Waals surface area contributed by atoms with Crippen molar-refractivity contribution in [1.29, 1.82) is 0 Å². The summed E-state index contributed by atoms with van der Waals surface area (Å²) < 4.78 is 1.83. The highest BCUT2D eigenvalue weighted by molar-refractivity contribution is 5.93. The molecule has 1 aromatic carbocycles. The quantitative estimate of drug-likeness (QED) is 0.852. The van der Waals surface area contributed by atoms with E-state index in [-0.39, 0.29) is 17.9 Å². The highest BCUT2D eigenvalue weighted by Gasteiger charge is 2.32. The molecule has 0 bridgehead atoms. The molecular weight excluding hydrogens is 290 g/mol. The molecule has 2 heterocycles. The number of hydrogen-bond donors (Lipinski definition) is 0. The molecule has 0 aliphatic carbocycles. The highest BCUT2D eigenvalue weighted by Crippen LogP contribution is 2.26. The molecule has 1 unspecified atom stereocenters. The Bertz CT molecular complexity index is 708. The molecule has 23 heavy (non-hydrogen) atoms. The van der Waals surface area contributed by atoms with E-state index in [1.54, 1.807) is 6.92 Å². The maximum atomic E-state index is 12.7. The second-order valence-corrected chi connectivity index (χ2v) is 5.89. The molecule has 120 valence electrons. The summed E-state index contributed by atoms with van der Waals surface area (Å²) in [5.74, 6) is 0.0615. The minimum absolute atomic E-state index is 0.0154. The van der Waals surface area contributed by atoms with E-state index in [0.717, 1.165) is 5.56 Å². The molecule has 0 radical (unpaired) electrons. The molecular formula is C18H21N3O2. The number of aryl methyl sites for hydroxylation is 1. The van der Waals surface area contributed by atoms with Gasteiger partial charge in [-0.1, -0.05) is 30.3 Å². The van der Waals surface area contributed by atoms with Gasteiger partial charge in [0.1, 0.15) is 5.69 Å². The molecule has 0 spiro atoms. The molecule has 2 amide bonds. The lowest BCUT2D eigenvalue weighted by atomic mass is 10.0. The second-order valence-electron chi connectivity index (χ2n) is 5.89. The smallest absolute Gasteiger partial charge is 0.270 e. The van der Waals surface area contributed by atoms with Gasteiger partial charge in [-0.25, -0.2) is 0 Å². The van der Waals surface area contributed by atoms with Gasteiger partial charge in [0.2, 0.25) is 5.91 Å². The van der Waals surface area contributed by atoms with Gasteiger partial charge in [-0.15, -0.1) is 0 Å². The molecule has 1 aromatic heterocycles. The van der Waals surface area contributed by atoms with Crippen LogP contribution < -0.4 is 0 Å². The maximum Gasteiger partial charge on any atom is 0.270 e. The molecule has 1 atom stereocenters. The number of hydrogen-bond acceptors (Lipinski definition) is 2. The van der Waals surface area contributed by atoms with Crippen LogP contribution in [0.4, 0.5) is 0 Å². The third kappa shape index (κ3) is 2.99. The van der Waals surface area contributed by atoms with E-state index in [9.17, 15) is 9.59 Å². The van der Waals surface area contributed by atoms with E-state index in [1.807, 2.05) is 70.1 Å². The summed E-state index contributed by atoms with van der Waals surface area (Å²) in [6.07, 6.45) is 1.87. The fourth-order valence-electron chi connectivity index (χ4n) is 3.15. The maximum absolute atomic E-state index is 12.7. The first kappa shape index (κ1) is 15.3. The van der Waals surface area contributed by atoms with Crippen LogP contribution in [0.2, 0.25) is 0 Å². The van der Waals surface area contributed by atoms with E-state index in [2.05, 4.69) is 0 Å². The number of rotatable bonds is 2. The number of benzene rings is 1. The first-order valence-electron chi connectivity index (χ1n) is 7.80. The summed E-state index contributed by atoms with van der Waals surface area (Å²) in [6, 6.07) is 13.5. The van der Waals surface area contributed by atoms with Crippen LogP contribution in [0.1, 0.15) is 29.0 Å². The van der Waals surface area contributed by atoms with Gasteiger partial charge in [0, 0.05) is 39.8 Å². The summed E-state index contributed by atoms with van der Waals surface area (Å²) >= 11 is 0. The monoisotopic (exact) mass is 311 g/mol. The Hall–Kier alpha value is -2.56. The Balaban J connectivity index is 1.85. The van der Waals surface area contributed by atoms with Gasteiger partial charge in [-0.2, -0.15) is 0 Å². The molecule has 1 aliphatic rings. The van der Waals surface area contributed by atoms with Crippen LogP contribution in [0.25, 0.3) is 0 Å². The average molecular weight is 311 g/mol. The predicted molar refractivity (Wildman–Crippen MR) is 87.9 cm³/mol. The fourth-order valence-corrected chi connectivity index (χ4v) is 3.15. The van der Waals surface area contributed by atoms with E-state index < -0.39 is 0 Å². The van der Waals surface area contributed by atoms with Gasteiger partial charge in [-0.05, 0) is 17.7 Å². The van der Waals surface area contributed by atoms with E-state index in [1.165, 1.54) is 0 Å². The Morgan fingerprint density at radius 2 is 1.78 bits per heavy atom. The first-order chi connectivity index (χ1) is 11.1. The number of aromatic nitrogens is 1. The summed E-state index contributed by atoms with van der Waals surface area (Å²) in [6.45, 7) is 3.23. The van der Waals surface area contributed by atoms with Crippen molar-refractivity contribution >= 4 is 11.8 Å². The standard InChI is InChI=1S/C18H21N3O2/c1-14(22)21-12-11-20(18(23)16-9-6-10-19(16)2)13-17(21)15-7-4-3-5-8-15/h3-10,17H,11-13H2,1-2H3. The van der Waals surface area contributed by atoms with Crippen LogP contribution in [-0.2, 0) is 11.8 Å². The third-order valence-corrected chi connectivity index (χ3v) is 4.42. The molecule has 3 rings (SSSR count). The van der Waals surface area contributed by atoms with Gasteiger partial charge >= 0.3 is 0 Å². The van der Waals surface area contributed by atoms with Crippen molar-refractivity contribution in [2.24, 2.45) is 7.05 Å². The number of amides is 2. The molecule has 1 aliphatic heterocycles. The number of carbonyl (C=O) groups is 2. The molecule has 1 fully saturated rings. The van der Waals surface area contributed by atoms with E-state index in [4.69, 9.17) is 0 Å². The molecule has 2 aromatic rings. The Kier molecular flexibility index (Phi) is 4.19. The molecule has 0 N–H and O–H groups in total. The Morgan fingerprint density at radius 3 is 2.39 bits per heavy atom. The van der Waals surface area contributed by atoms with Crippen molar-refractivity contribution < 1.29 is 9.59 Å². The van der Waals surface area contributed by atoms with Gasteiger partial charge in [0.05, 0.1) is 6.04 Å². The molecule has 0 saturated carbocycles. The minimum Gasteiger partial charge on any atom is -0.347 e. The van der Waals surface area contributed by atoms with Crippen LogP contribution in [-0.4, -0.2) is 45.8 Å². The minimum atomic E-state index is -0.0910. The zero-order chi connectivity index (χ0) is 16.4. The van der Waals surface area contributed by atoms with Gasteiger partial charge in [-0.3, -0.25) is 9.59 Å². The second kappa shape index (κ2) is 6.28. The number of piperazine rings is 1. The van der Waals surface area contributed by atoms with Crippen molar-refractivity contribution in [3.05, 3.63) is 59.9 Å². The lowest BCUT2D eigenvalue weighted by Crippen LogP contribution is -2.52. The third-order valence-electron chi connectivity index (χ3n) is 4.42. The summed E-state index contributed by atoms with van der Waals surface area (Å²) in [7, 11) is 1.87. The fraction of sp³-hybridized carbons (Fsp3) is 0.333. The molecule has 5 heteroatoms. The van der Waals surface area contributed by atoms with E-state index >= 15 is 0 Å². The van der Waals surface area contributed by atoms with Crippen molar-refractivity contribution in [3.8, 4) is 0 Å². The topological polar surface area (TPSA) is 45.6 Å². The Labute approximate surface area is 136 Å². The zero-order valence-corrected chi connectivity index (χ0v) is 13.5. The first-order valence-corrected chi connectivity index (χ1v) is 7.80. The van der Waals surface area contributed by atoms with Gasteiger partial charge in [0.25, 0.3) is 5.91 Å². The molecule has 5 nitrogen and oxygen atoms in total. The van der Waals surface area contributed by atoms with Crippen LogP contribution in [0.5, 0.6) is 0 Å². The average Bonchev–Trinajstić information content (AvgIpc) is 3.00. The predicted octanol–water partition coefficient (Wildman–Crippen LogP) is 2.07. The van der Waals surface area contributed by atoms with Crippen molar-refractivity contribution in [2.45, 2.75) is 13.0 Å². The lowest BCUT2D eigenvalue weighted by Gasteiger charge is -2.41. The zero-order valence-electron chi connectivity index (χ0n) is 13.5. The SMILES string of the molecule is CC(=O)N1CCN(C(=O)c2cccn2C)CC1c1ccccc1. The number of carbonyl (C=O) groups excluding carboxylic acids is 2. The van der Waals surface area contributed by atoms with Gasteiger partial charge in [0.15, 0.2) is 0 Å². The molecule has 1 saturated heterocycles. The van der Waals surface area contributed by atoms with Crippen LogP contribution >= 0.6 is 0 Å². The largest absolute Gasteiger partial charge is 0.347 e. The van der Waals surface area contributed by atoms with Crippen molar-refractivity contribution in [2.75, 3.05) is 19.6 Å². The highest BCUT2D eigenvalue weighted by atomic mass is 16.2. The van der Waals surface area contributed by atoms with E-state index in [0.29, 0.717) is 25.3 Å². The Morgan fingerprint density at radius 1 is 1.04 bits per heavy atom.